The van der Waals surface area contributed by atoms with E-state index in [2.05, 4.69) is 10.4 Å². The fourth-order valence-electron chi connectivity index (χ4n) is 4.04. The molecule has 3 N–H and O–H groups in total. The number of rotatable bonds is 10. The number of amides is 1. The predicted octanol–water partition coefficient (Wildman–Crippen LogP) is 0.725. The van der Waals surface area contributed by atoms with Crippen molar-refractivity contribution >= 4 is 5.91 Å². The van der Waals surface area contributed by atoms with Crippen LogP contribution in [-0.2, 0) is 11.3 Å². The van der Waals surface area contributed by atoms with Crippen LogP contribution in [0.4, 0.5) is 0 Å². The van der Waals surface area contributed by atoms with Gasteiger partial charge in [0.1, 0.15) is 12.4 Å². The molecule has 0 spiro atoms. The molecule has 3 atom stereocenters. The largest absolute Gasteiger partial charge is 0.492 e. The van der Waals surface area contributed by atoms with Crippen molar-refractivity contribution in [3.05, 3.63) is 36.0 Å². The molecule has 1 aliphatic heterocycles. The first-order chi connectivity index (χ1) is 15.3. The lowest BCUT2D eigenvalue weighted by Crippen LogP contribution is -2.43. The lowest BCUT2D eigenvalue weighted by Gasteiger charge is -2.25. The Balaban J connectivity index is 1.87. The summed E-state index contributed by atoms with van der Waals surface area (Å²) in [5.74, 6) is 0.405. The molecule has 1 saturated heterocycles. The normalized spacial score (nSPS) is 20.0. The number of nitrogens with one attached hydrogen (secondary N) is 1. The average Bonchev–Trinajstić information content (AvgIpc) is 3.37. The SMILES string of the molecule is CCn1nccc1-c1ccc(C(CO)NC(=O)C2CC(O)CN2C)c(OCCN(C)C)c1. The Morgan fingerprint density at radius 3 is 2.78 bits per heavy atom. The fourth-order valence-corrected chi connectivity index (χ4v) is 4.04. The average molecular weight is 446 g/mol. The number of likely N-dealkylation sites (tertiary alicyclic amines) is 1. The Kier molecular flexibility index (Phi) is 8.25. The van der Waals surface area contributed by atoms with Gasteiger partial charge in [-0.1, -0.05) is 12.1 Å². The molecular formula is C23H35N5O4. The number of aliphatic hydroxyl groups excluding tert-OH is 2. The number of β-amino-alcohol motifs (C(OH)–C–C–N with tert-alkyl or cyclic N) is 1. The summed E-state index contributed by atoms with van der Waals surface area (Å²) < 4.78 is 8.01. The summed E-state index contributed by atoms with van der Waals surface area (Å²) in [6.45, 7) is 4.18. The minimum Gasteiger partial charge on any atom is -0.492 e. The van der Waals surface area contributed by atoms with Crippen molar-refractivity contribution in [1.82, 2.24) is 24.9 Å². The molecule has 0 aliphatic carbocycles. The molecule has 2 aromatic rings. The van der Waals surface area contributed by atoms with Gasteiger partial charge in [0.2, 0.25) is 5.91 Å². The van der Waals surface area contributed by atoms with Gasteiger partial charge in [-0.3, -0.25) is 14.4 Å². The molecule has 2 heterocycles. The number of aliphatic hydroxyl groups is 2. The molecule has 9 heteroatoms. The van der Waals surface area contributed by atoms with Crippen molar-refractivity contribution in [3.8, 4) is 17.0 Å². The molecular weight excluding hydrogens is 410 g/mol. The molecule has 1 amide bonds. The van der Waals surface area contributed by atoms with Gasteiger partial charge < -0.3 is 25.2 Å². The number of carbonyl (C=O) groups excluding carboxylic acids is 1. The maximum atomic E-state index is 12.9. The van der Waals surface area contributed by atoms with Crippen LogP contribution in [0.25, 0.3) is 11.3 Å². The molecule has 32 heavy (non-hydrogen) atoms. The van der Waals surface area contributed by atoms with Crippen LogP contribution in [0.5, 0.6) is 5.75 Å². The van der Waals surface area contributed by atoms with Gasteiger partial charge in [0, 0.05) is 37.0 Å². The number of aryl methyl sites for hydroxylation is 1. The second kappa shape index (κ2) is 10.9. The third-order valence-corrected chi connectivity index (χ3v) is 5.82. The monoisotopic (exact) mass is 445 g/mol. The molecule has 0 bridgehead atoms. The van der Waals surface area contributed by atoms with Crippen LogP contribution in [0, 0.1) is 0 Å². The summed E-state index contributed by atoms with van der Waals surface area (Å²) in [6, 6.07) is 6.70. The number of nitrogens with zero attached hydrogens (tertiary/aromatic N) is 4. The smallest absolute Gasteiger partial charge is 0.238 e. The first-order valence-electron chi connectivity index (χ1n) is 11.1. The van der Waals surface area contributed by atoms with E-state index in [0.717, 1.165) is 24.3 Å². The van der Waals surface area contributed by atoms with Gasteiger partial charge in [0.05, 0.1) is 30.5 Å². The number of likely N-dealkylation sites (N-methyl/N-ethyl adjacent to an activating group) is 2. The van der Waals surface area contributed by atoms with Crippen molar-refractivity contribution < 1.29 is 19.7 Å². The Morgan fingerprint density at radius 1 is 1.38 bits per heavy atom. The van der Waals surface area contributed by atoms with Crippen LogP contribution in [0.2, 0.25) is 0 Å². The van der Waals surface area contributed by atoms with Gasteiger partial charge in [-0.25, -0.2) is 0 Å². The number of hydrogen-bond acceptors (Lipinski definition) is 7. The van der Waals surface area contributed by atoms with Crippen LogP contribution in [0.15, 0.2) is 30.5 Å². The highest BCUT2D eigenvalue weighted by molar-refractivity contribution is 5.82. The first kappa shape index (κ1) is 24.2. The van der Waals surface area contributed by atoms with Gasteiger partial charge in [-0.2, -0.15) is 5.10 Å². The van der Waals surface area contributed by atoms with E-state index in [-0.39, 0.29) is 12.5 Å². The molecule has 176 valence electrons. The Bertz CT molecular complexity index is 900. The number of aromatic nitrogens is 2. The summed E-state index contributed by atoms with van der Waals surface area (Å²) in [6.07, 6.45) is 1.63. The van der Waals surface area contributed by atoms with E-state index in [9.17, 15) is 15.0 Å². The summed E-state index contributed by atoms with van der Waals surface area (Å²) in [5.41, 5.74) is 2.64. The van der Waals surface area contributed by atoms with Crippen molar-refractivity contribution in [3.63, 3.8) is 0 Å². The Hall–Kier alpha value is -2.46. The third-order valence-electron chi connectivity index (χ3n) is 5.82. The zero-order valence-electron chi connectivity index (χ0n) is 19.4. The molecule has 1 aromatic carbocycles. The van der Waals surface area contributed by atoms with Crippen LogP contribution < -0.4 is 10.1 Å². The van der Waals surface area contributed by atoms with Gasteiger partial charge in [0.15, 0.2) is 0 Å². The van der Waals surface area contributed by atoms with Crippen LogP contribution >= 0.6 is 0 Å². The minimum atomic E-state index is -0.617. The van der Waals surface area contributed by atoms with E-state index < -0.39 is 18.2 Å². The summed E-state index contributed by atoms with van der Waals surface area (Å²) in [5, 5.41) is 27.3. The zero-order chi connectivity index (χ0) is 23.3. The van der Waals surface area contributed by atoms with Crippen LogP contribution in [-0.4, -0.2) is 95.3 Å². The first-order valence-corrected chi connectivity index (χ1v) is 11.1. The van der Waals surface area contributed by atoms with E-state index in [4.69, 9.17) is 4.74 Å². The number of ether oxygens (including phenoxy) is 1. The van der Waals surface area contributed by atoms with E-state index >= 15 is 0 Å². The second-order valence-corrected chi connectivity index (χ2v) is 8.53. The van der Waals surface area contributed by atoms with Crippen molar-refractivity contribution in [2.24, 2.45) is 0 Å². The molecule has 0 saturated carbocycles. The van der Waals surface area contributed by atoms with Gasteiger partial charge >= 0.3 is 0 Å². The number of benzene rings is 1. The van der Waals surface area contributed by atoms with Crippen LogP contribution in [0.3, 0.4) is 0 Å². The lowest BCUT2D eigenvalue weighted by molar-refractivity contribution is -0.126. The topological polar surface area (TPSA) is 103 Å². The molecule has 1 aromatic heterocycles. The van der Waals surface area contributed by atoms with Crippen molar-refractivity contribution in [1.29, 1.82) is 0 Å². The highest BCUT2D eigenvalue weighted by Gasteiger charge is 2.34. The van der Waals surface area contributed by atoms with E-state index in [1.807, 2.05) is 66.8 Å². The zero-order valence-corrected chi connectivity index (χ0v) is 19.4. The third kappa shape index (κ3) is 5.66. The maximum Gasteiger partial charge on any atom is 0.238 e. The summed E-state index contributed by atoms with van der Waals surface area (Å²) in [4.78, 5) is 16.7. The molecule has 1 aliphatic rings. The highest BCUT2D eigenvalue weighted by Crippen LogP contribution is 2.31. The van der Waals surface area contributed by atoms with E-state index in [1.165, 1.54) is 0 Å². The Morgan fingerprint density at radius 2 is 2.16 bits per heavy atom. The maximum absolute atomic E-state index is 12.9. The van der Waals surface area contributed by atoms with Gasteiger partial charge in [0.25, 0.3) is 0 Å². The van der Waals surface area contributed by atoms with Gasteiger partial charge in [-0.05, 0) is 46.6 Å². The molecule has 3 unspecified atom stereocenters. The Labute approximate surface area is 189 Å². The van der Waals surface area contributed by atoms with E-state index in [0.29, 0.717) is 30.9 Å². The number of carbonyl (C=O) groups is 1. The molecule has 1 fully saturated rings. The van der Waals surface area contributed by atoms with E-state index in [1.54, 1.807) is 6.20 Å². The predicted molar refractivity (Wildman–Crippen MR) is 122 cm³/mol. The standard InChI is InChI=1S/C23H35N5O4/c1-5-28-20(8-9-24-28)16-6-7-18(22(12-16)32-11-10-26(2)3)19(15-29)25-23(31)21-13-17(30)14-27(21)4/h6-9,12,17,19,21,29-30H,5,10-11,13-15H2,1-4H3,(H,25,31). The molecule has 3 rings (SSSR count). The summed E-state index contributed by atoms with van der Waals surface area (Å²) in [7, 11) is 5.77. The van der Waals surface area contributed by atoms with Crippen LogP contribution in [0.1, 0.15) is 24.9 Å². The second-order valence-electron chi connectivity index (χ2n) is 8.53. The quantitative estimate of drug-likeness (QED) is 0.495. The summed E-state index contributed by atoms with van der Waals surface area (Å²) >= 11 is 0. The fraction of sp³-hybridized carbons (Fsp3) is 0.565. The van der Waals surface area contributed by atoms with Crippen molar-refractivity contribution in [2.75, 3.05) is 47.4 Å². The lowest BCUT2D eigenvalue weighted by atomic mass is 10.0. The van der Waals surface area contributed by atoms with Crippen molar-refractivity contribution in [2.45, 2.75) is 38.1 Å². The molecule has 9 nitrogen and oxygen atoms in total. The van der Waals surface area contributed by atoms with Gasteiger partial charge in [-0.15, -0.1) is 0 Å². The number of hydrogen-bond donors (Lipinski definition) is 3. The highest BCUT2D eigenvalue weighted by atomic mass is 16.5. The molecule has 0 radical (unpaired) electrons. The minimum absolute atomic E-state index is 0.213.